The normalized spacial score (nSPS) is 14.3. The highest BCUT2D eigenvalue weighted by Crippen LogP contribution is 2.64. The molecule has 0 fully saturated rings. The van der Waals surface area contributed by atoms with Crippen LogP contribution in [0, 0.1) is 0 Å². The second kappa shape index (κ2) is 14.2. The van der Waals surface area contributed by atoms with Crippen LogP contribution in [0.25, 0.3) is 0 Å². The first kappa shape index (κ1) is 39.5. The summed E-state index contributed by atoms with van der Waals surface area (Å²) in [6.07, 6.45) is -6.89. The first-order valence-electron chi connectivity index (χ1n) is 14.8. The lowest BCUT2D eigenvalue weighted by Crippen LogP contribution is -2.60. The first-order chi connectivity index (χ1) is 20.9. The molecule has 0 spiro atoms. The molecule has 2 aromatic rings. The molecule has 0 saturated carbocycles. The van der Waals surface area contributed by atoms with Crippen molar-refractivity contribution < 1.29 is 54.2 Å². The molecule has 1 atom stereocenters. The van der Waals surface area contributed by atoms with Gasteiger partial charge in [0, 0.05) is 6.54 Å². The van der Waals surface area contributed by atoms with Crippen LogP contribution >= 0.6 is 7.60 Å². The summed E-state index contributed by atoms with van der Waals surface area (Å²) in [4.78, 5) is 13.6. The molecule has 1 unspecified atom stereocenters. The van der Waals surface area contributed by atoms with E-state index >= 15 is 8.78 Å². The van der Waals surface area contributed by atoms with Crippen molar-refractivity contribution in [1.82, 2.24) is 4.90 Å². The molecule has 0 heterocycles. The van der Waals surface area contributed by atoms with Crippen LogP contribution in [0.5, 0.6) is 5.75 Å². The van der Waals surface area contributed by atoms with E-state index < -0.39 is 54.7 Å². The number of carbonyl (C=O) groups is 1. The fourth-order valence-corrected chi connectivity index (χ4v) is 7.10. The monoisotopic (exact) mass is 685 g/mol. The van der Waals surface area contributed by atoms with E-state index in [9.17, 15) is 36.4 Å². The van der Waals surface area contributed by atoms with Crippen molar-refractivity contribution in [2.45, 2.75) is 103 Å². The molecule has 0 bridgehead atoms. The highest BCUT2D eigenvalue weighted by atomic mass is 31.2. The molecule has 14 heteroatoms. The fourth-order valence-electron chi connectivity index (χ4n) is 4.95. The minimum absolute atomic E-state index is 0.0555. The second-order valence-corrected chi connectivity index (χ2v) is 15.0. The lowest BCUT2D eigenvalue weighted by Gasteiger charge is -2.40. The second-order valence-electron chi connectivity index (χ2n) is 12.9. The maximum absolute atomic E-state index is 15.3. The largest absolute Gasteiger partial charge is 0.507 e. The minimum Gasteiger partial charge on any atom is -0.507 e. The third-order valence-corrected chi connectivity index (χ3v) is 9.66. The quantitative estimate of drug-likeness (QED) is 0.168. The van der Waals surface area contributed by atoms with Crippen molar-refractivity contribution in [2.75, 3.05) is 19.8 Å². The number of hydrogen-bond donors (Lipinski definition) is 1. The molecule has 0 aliphatic rings. The SMILES string of the molecule is CCOP(=O)(OCC)C(c1cc(C(C)(C)C)c(O)c(C(C)(C)C)c1)N(CCCc1ccccc1)C(=O)C(F)(F)C(F)(F)C(F)(F)F. The molecule has 0 aromatic heterocycles. The Morgan fingerprint density at radius 1 is 0.848 bits per heavy atom. The molecule has 6 nitrogen and oxygen atoms in total. The van der Waals surface area contributed by atoms with Crippen molar-refractivity contribution in [3.05, 3.63) is 64.7 Å². The Morgan fingerprint density at radius 3 is 1.70 bits per heavy atom. The predicted molar refractivity (Wildman–Crippen MR) is 162 cm³/mol. The van der Waals surface area contributed by atoms with Gasteiger partial charge in [-0.3, -0.25) is 9.36 Å². The van der Waals surface area contributed by atoms with Gasteiger partial charge in [0.1, 0.15) is 5.75 Å². The van der Waals surface area contributed by atoms with Crippen LogP contribution in [0.4, 0.5) is 30.7 Å². The molecule has 0 saturated heterocycles. The zero-order valence-corrected chi connectivity index (χ0v) is 28.2. The van der Waals surface area contributed by atoms with E-state index in [1.54, 1.807) is 71.9 Å². The topological polar surface area (TPSA) is 76.1 Å². The van der Waals surface area contributed by atoms with Crippen LogP contribution in [-0.2, 0) is 35.7 Å². The highest BCUT2D eigenvalue weighted by molar-refractivity contribution is 7.54. The van der Waals surface area contributed by atoms with Gasteiger partial charge >= 0.3 is 31.5 Å². The van der Waals surface area contributed by atoms with Gasteiger partial charge in [0.15, 0.2) is 5.78 Å². The number of benzene rings is 2. The molecular weight excluding hydrogens is 642 g/mol. The van der Waals surface area contributed by atoms with E-state index in [0.29, 0.717) is 5.56 Å². The van der Waals surface area contributed by atoms with Crippen molar-refractivity contribution in [1.29, 1.82) is 0 Å². The summed E-state index contributed by atoms with van der Waals surface area (Å²) in [5.74, 6) is -18.4. The smallest absolute Gasteiger partial charge is 0.460 e. The van der Waals surface area contributed by atoms with E-state index in [-0.39, 0.29) is 53.4 Å². The van der Waals surface area contributed by atoms with Crippen LogP contribution in [0.2, 0.25) is 0 Å². The molecule has 2 aromatic carbocycles. The molecule has 1 N–H and O–H groups in total. The van der Waals surface area contributed by atoms with Gasteiger partial charge in [-0.05, 0) is 71.9 Å². The molecule has 46 heavy (non-hydrogen) atoms. The first-order valence-corrected chi connectivity index (χ1v) is 16.4. The number of rotatable bonds is 13. The Morgan fingerprint density at radius 2 is 1.30 bits per heavy atom. The van der Waals surface area contributed by atoms with Gasteiger partial charge in [-0.15, -0.1) is 0 Å². The van der Waals surface area contributed by atoms with Crippen LogP contribution < -0.4 is 0 Å². The van der Waals surface area contributed by atoms with Crippen LogP contribution in [0.1, 0.15) is 89.8 Å². The van der Waals surface area contributed by atoms with Crippen molar-refractivity contribution in [3.8, 4) is 5.75 Å². The number of carbonyl (C=O) groups excluding carboxylic acids is 1. The standard InChI is InChI=1S/C32H43F7NO5P/c1-9-44-46(43,45-10-2)26(22-19-23(28(3,4)5)25(41)24(20-22)29(6,7)8)40(18-14-17-21-15-12-11-13-16-21)27(42)30(33,34)31(35,36)32(37,38)39/h11-13,15-16,19-20,26,41H,9-10,14,17-18H2,1-8H3. The lowest BCUT2D eigenvalue weighted by atomic mass is 9.78. The number of phenolic OH excluding ortho intramolecular Hbond substituents is 1. The van der Waals surface area contributed by atoms with Gasteiger partial charge in [0.25, 0.3) is 0 Å². The number of halogens is 7. The number of phenols is 1. The van der Waals surface area contributed by atoms with Crippen molar-refractivity contribution in [3.63, 3.8) is 0 Å². The van der Waals surface area contributed by atoms with Gasteiger partial charge in [-0.25, -0.2) is 0 Å². The Labute approximate surface area is 265 Å². The highest BCUT2D eigenvalue weighted by Gasteiger charge is 2.77. The van der Waals surface area contributed by atoms with Crippen molar-refractivity contribution in [2.24, 2.45) is 0 Å². The molecule has 0 aliphatic carbocycles. The van der Waals surface area contributed by atoms with Crippen LogP contribution in [0.15, 0.2) is 42.5 Å². The van der Waals surface area contributed by atoms with Gasteiger partial charge in [-0.1, -0.05) is 71.9 Å². The molecule has 260 valence electrons. The summed E-state index contributed by atoms with van der Waals surface area (Å²) in [6.45, 7) is 11.5. The number of amides is 1. The summed E-state index contributed by atoms with van der Waals surface area (Å²) in [7, 11) is -4.83. The Bertz CT molecular complexity index is 1340. The molecule has 1 amide bonds. The number of aryl methyl sites for hydroxylation is 1. The molecule has 0 aliphatic heterocycles. The van der Waals surface area contributed by atoms with Gasteiger partial charge in [0.2, 0.25) is 0 Å². The molecule has 2 rings (SSSR count). The summed E-state index contributed by atoms with van der Waals surface area (Å²) in [5, 5.41) is 11.3. The zero-order chi connectivity index (χ0) is 35.5. The van der Waals surface area contributed by atoms with Gasteiger partial charge < -0.3 is 19.1 Å². The molecular formula is C32H43F7NO5P. The Hall–Kier alpha value is -2.63. The van der Waals surface area contributed by atoms with Gasteiger partial charge in [0.05, 0.1) is 13.2 Å². The third-order valence-electron chi connectivity index (χ3n) is 7.25. The molecule has 0 radical (unpaired) electrons. The average molecular weight is 686 g/mol. The number of aromatic hydroxyl groups is 1. The summed E-state index contributed by atoms with van der Waals surface area (Å²) >= 11 is 0. The lowest BCUT2D eigenvalue weighted by molar-refractivity contribution is -0.346. The number of alkyl halides is 7. The van der Waals surface area contributed by atoms with Gasteiger partial charge in [-0.2, -0.15) is 30.7 Å². The third kappa shape index (κ3) is 8.44. The van der Waals surface area contributed by atoms with E-state index in [1.165, 1.54) is 26.0 Å². The van der Waals surface area contributed by atoms with E-state index in [4.69, 9.17) is 9.05 Å². The Kier molecular flexibility index (Phi) is 12.2. The van der Waals surface area contributed by atoms with Crippen LogP contribution in [-0.4, -0.2) is 53.7 Å². The maximum atomic E-state index is 15.3. The zero-order valence-electron chi connectivity index (χ0n) is 27.3. The van der Waals surface area contributed by atoms with E-state index in [1.807, 2.05) is 0 Å². The van der Waals surface area contributed by atoms with E-state index in [2.05, 4.69) is 0 Å². The Balaban J connectivity index is 3.02. The average Bonchev–Trinajstić information content (AvgIpc) is 2.91. The van der Waals surface area contributed by atoms with Crippen molar-refractivity contribution >= 4 is 13.5 Å². The maximum Gasteiger partial charge on any atom is 0.460 e. The number of hydrogen-bond acceptors (Lipinski definition) is 5. The predicted octanol–water partition coefficient (Wildman–Crippen LogP) is 9.55. The van der Waals surface area contributed by atoms with Crippen LogP contribution in [0.3, 0.4) is 0 Å². The minimum atomic E-state index is -6.79. The summed E-state index contributed by atoms with van der Waals surface area (Å²) in [5.41, 5.74) is -0.821. The number of nitrogens with zero attached hydrogens (tertiary/aromatic N) is 1. The van der Waals surface area contributed by atoms with E-state index in [0.717, 1.165) is 0 Å². The fraction of sp³-hybridized carbons (Fsp3) is 0.594. The summed E-state index contributed by atoms with van der Waals surface area (Å²) in [6, 6.07) is 10.9. The summed E-state index contributed by atoms with van der Waals surface area (Å²) < 4.78 is 125.